The zero-order chi connectivity index (χ0) is 14.9. The van der Waals surface area contributed by atoms with E-state index < -0.39 is 0 Å². The van der Waals surface area contributed by atoms with Gasteiger partial charge in [0.2, 0.25) is 0 Å². The molecule has 0 radical (unpaired) electrons. The highest BCUT2D eigenvalue weighted by atomic mass is 127. The number of rotatable bonds is 9. The number of likely N-dealkylation sites (N-methyl/N-ethyl adjacent to an activating group) is 1. The number of halogens is 1. The molecule has 0 unspecified atom stereocenters. The molecule has 1 aliphatic carbocycles. The van der Waals surface area contributed by atoms with Crippen molar-refractivity contribution in [3.05, 3.63) is 24.5 Å². The molecule has 1 saturated carbocycles. The van der Waals surface area contributed by atoms with Crippen LogP contribution in [-0.2, 0) is 6.54 Å². The Bertz CT molecular complexity index is 414. The van der Waals surface area contributed by atoms with Crippen LogP contribution < -0.4 is 10.6 Å². The molecule has 1 aromatic rings. The Labute approximate surface area is 151 Å². The first kappa shape index (κ1) is 19.3. The third-order valence-corrected chi connectivity index (χ3v) is 3.80. The summed E-state index contributed by atoms with van der Waals surface area (Å²) in [4.78, 5) is 7.21. The van der Waals surface area contributed by atoms with E-state index in [4.69, 9.17) is 0 Å². The predicted molar refractivity (Wildman–Crippen MR) is 104 cm³/mol. The third-order valence-electron chi connectivity index (χ3n) is 3.80. The van der Waals surface area contributed by atoms with Gasteiger partial charge in [0.1, 0.15) is 0 Å². The summed E-state index contributed by atoms with van der Waals surface area (Å²) in [5, 5.41) is 6.71. The summed E-state index contributed by atoms with van der Waals surface area (Å²) in [5.74, 6) is 0.927. The van der Waals surface area contributed by atoms with Gasteiger partial charge in [0, 0.05) is 44.6 Å². The van der Waals surface area contributed by atoms with Crippen molar-refractivity contribution in [1.82, 2.24) is 20.1 Å². The maximum Gasteiger partial charge on any atom is 0.191 e. The summed E-state index contributed by atoms with van der Waals surface area (Å²) in [6.45, 7) is 10.2. The minimum Gasteiger partial charge on any atom is -0.357 e. The SMILES string of the molecule is CCNC(=NCCN(CC)C1CC1)NCCn1cccc1.I. The fourth-order valence-electron chi connectivity index (χ4n) is 2.49. The number of hydrogen-bond donors (Lipinski definition) is 2. The summed E-state index contributed by atoms with van der Waals surface area (Å²) in [6.07, 6.45) is 6.90. The Hall–Kier alpha value is -0.760. The molecule has 0 spiro atoms. The smallest absolute Gasteiger partial charge is 0.191 e. The molecule has 126 valence electrons. The van der Waals surface area contributed by atoms with Gasteiger partial charge in [-0.1, -0.05) is 6.92 Å². The number of nitrogens with zero attached hydrogens (tertiary/aromatic N) is 3. The number of hydrogen-bond acceptors (Lipinski definition) is 2. The Kier molecular flexibility index (Phi) is 9.54. The molecule has 1 aromatic heterocycles. The van der Waals surface area contributed by atoms with Crippen LogP contribution in [0.1, 0.15) is 26.7 Å². The molecule has 1 fully saturated rings. The van der Waals surface area contributed by atoms with Crippen LogP contribution in [-0.4, -0.2) is 54.2 Å². The average Bonchev–Trinajstić information content (AvgIpc) is 3.20. The second-order valence-corrected chi connectivity index (χ2v) is 5.47. The van der Waals surface area contributed by atoms with Crippen molar-refractivity contribution in [1.29, 1.82) is 0 Å². The summed E-state index contributed by atoms with van der Waals surface area (Å²) in [7, 11) is 0. The summed E-state index contributed by atoms with van der Waals surface area (Å²) < 4.78 is 2.17. The van der Waals surface area contributed by atoms with E-state index in [0.29, 0.717) is 0 Å². The number of nitrogens with one attached hydrogen (secondary N) is 2. The normalized spacial score (nSPS) is 14.8. The molecule has 0 atom stereocenters. The number of aromatic nitrogens is 1. The quantitative estimate of drug-likeness (QED) is 0.366. The van der Waals surface area contributed by atoms with E-state index in [1.165, 1.54) is 12.8 Å². The van der Waals surface area contributed by atoms with Gasteiger partial charge >= 0.3 is 0 Å². The minimum atomic E-state index is 0. The first-order valence-corrected chi connectivity index (χ1v) is 8.20. The van der Waals surface area contributed by atoms with Crippen LogP contribution in [0.15, 0.2) is 29.5 Å². The molecule has 5 nitrogen and oxygen atoms in total. The molecule has 6 heteroatoms. The fraction of sp³-hybridized carbons (Fsp3) is 0.688. The van der Waals surface area contributed by atoms with E-state index in [-0.39, 0.29) is 24.0 Å². The number of guanidine groups is 1. The van der Waals surface area contributed by atoms with Gasteiger partial charge in [0.05, 0.1) is 6.54 Å². The number of aliphatic imine (C=N–C) groups is 1. The molecule has 1 aliphatic rings. The highest BCUT2D eigenvalue weighted by Gasteiger charge is 2.27. The van der Waals surface area contributed by atoms with Gasteiger partial charge in [0.15, 0.2) is 5.96 Å². The van der Waals surface area contributed by atoms with Crippen molar-refractivity contribution in [3.63, 3.8) is 0 Å². The Morgan fingerprint density at radius 3 is 2.55 bits per heavy atom. The van der Waals surface area contributed by atoms with Crippen molar-refractivity contribution >= 4 is 29.9 Å². The molecule has 2 rings (SSSR count). The summed E-state index contributed by atoms with van der Waals surface area (Å²) in [5.41, 5.74) is 0. The van der Waals surface area contributed by atoms with Crippen LogP contribution in [0.25, 0.3) is 0 Å². The van der Waals surface area contributed by atoms with Crippen molar-refractivity contribution in [2.24, 2.45) is 4.99 Å². The zero-order valence-corrected chi connectivity index (χ0v) is 16.1. The molecule has 22 heavy (non-hydrogen) atoms. The second kappa shape index (κ2) is 10.9. The van der Waals surface area contributed by atoms with Gasteiger partial charge in [-0.3, -0.25) is 9.89 Å². The summed E-state index contributed by atoms with van der Waals surface area (Å²) in [6, 6.07) is 4.93. The molecule has 0 amide bonds. The van der Waals surface area contributed by atoms with Gasteiger partial charge in [-0.25, -0.2) is 0 Å². The first-order chi connectivity index (χ1) is 10.3. The van der Waals surface area contributed by atoms with Crippen molar-refractivity contribution < 1.29 is 0 Å². The lowest BCUT2D eigenvalue weighted by Crippen LogP contribution is -2.39. The average molecular weight is 419 g/mol. The molecular formula is C16H30IN5. The van der Waals surface area contributed by atoms with Gasteiger partial charge in [-0.15, -0.1) is 24.0 Å². The molecule has 0 saturated heterocycles. The molecular weight excluding hydrogens is 389 g/mol. The van der Waals surface area contributed by atoms with Crippen LogP contribution in [0.3, 0.4) is 0 Å². The second-order valence-electron chi connectivity index (χ2n) is 5.47. The lowest BCUT2D eigenvalue weighted by molar-refractivity contribution is 0.286. The monoisotopic (exact) mass is 419 g/mol. The third kappa shape index (κ3) is 7.00. The zero-order valence-electron chi connectivity index (χ0n) is 13.8. The highest BCUT2D eigenvalue weighted by molar-refractivity contribution is 14.0. The molecule has 1 heterocycles. The fourth-order valence-corrected chi connectivity index (χ4v) is 2.49. The van der Waals surface area contributed by atoms with E-state index in [2.05, 4.69) is 63.5 Å². The van der Waals surface area contributed by atoms with Crippen molar-refractivity contribution in [3.8, 4) is 0 Å². The lowest BCUT2D eigenvalue weighted by atomic mass is 10.4. The van der Waals surface area contributed by atoms with Crippen LogP contribution in [0.5, 0.6) is 0 Å². The standard InChI is InChI=1S/C16H29N5.HI/c1-3-17-16(18-9-13-20-11-5-6-12-20)19-10-14-21(4-2)15-7-8-15;/h5-6,11-12,15H,3-4,7-10,13-14H2,1-2H3,(H2,17,18,19);1H. The Morgan fingerprint density at radius 1 is 1.23 bits per heavy atom. The predicted octanol–water partition coefficient (Wildman–Crippen LogP) is 2.15. The maximum atomic E-state index is 4.67. The molecule has 0 aliphatic heterocycles. The molecule has 2 N–H and O–H groups in total. The van der Waals surface area contributed by atoms with Crippen LogP contribution in [0, 0.1) is 0 Å². The van der Waals surface area contributed by atoms with E-state index in [1.807, 2.05) is 0 Å². The largest absolute Gasteiger partial charge is 0.357 e. The van der Waals surface area contributed by atoms with Crippen LogP contribution >= 0.6 is 24.0 Å². The van der Waals surface area contributed by atoms with Crippen LogP contribution in [0.4, 0.5) is 0 Å². The topological polar surface area (TPSA) is 44.6 Å². The van der Waals surface area contributed by atoms with E-state index >= 15 is 0 Å². The molecule has 0 aromatic carbocycles. The first-order valence-electron chi connectivity index (χ1n) is 8.20. The van der Waals surface area contributed by atoms with Gasteiger partial charge in [-0.05, 0) is 38.4 Å². The minimum absolute atomic E-state index is 0. The van der Waals surface area contributed by atoms with E-state index in [0.717, 1.165) is 51.3 Å². The van der Waals surface area contributed by atoms with E-state index in [9.17, 15) is 0 Å². The van der Waals surface area contributed by atoms with Crippen LogP contribution in [0.2, 0.25) is 0 Å². The van der Waals surface area contributed by atoms with Gasteiger partial charge in [-0.2, -0.15) is 0 Å². The highest BCUT2D eigenvalue weighted by Crippen LogP contribution is 2.25. The van der Waals surface area contributed by atoms with Crippen molar-refractivity contribution in [2.45, 2.75) is 39.3 Å². The van der Waals surface area contributed by atoms with Crippen molar-refractivity contribution in [2.75, 3.05) is 32.7 Å². The van der Waals surface area contributed by atoms with Gasteiger partial charge < -0.3 is 15.2 Å². The molecule has 0 bridgehead atoms. The maximum absolute atomic E-state index is 4.67. The van der Waals surface area contributed by atoms with Gasteiger partial charge in [0.25, 0.3) is 0 Å². The van der Waals surface area contributed by atoms with E-state index in [1.54, 1.807) is 0 Å². The Morgan fingerprint density at radius 2 is 1.95 bits per heavy atom. The lowest BCUT2D eigenvalue weighted by Gasteiger charge is -2.19. The summed E-state index contributed by atoms with van der Waals surface area (Å²) >= 11 is 0. The Balaban J connectivity index is 0.00000242.